The molecule has 5 heteroatoms. The Hall–Kier alpha value is -2.53. The van der Waals surface area contributed by atoms with Gasteiger partial charge in [-0.1, -0.05) is 36.4 Å². The molecule has 1 aliphatic rings. The number of nitrogens with zero attached hydrogens (tertiary/aromatic N) is 1. The first-order valence-electron chi connectivity index (χ1n) is 8.29. The minimum absolute atomic E-state index is 0.234. The Morgan fingerprint density at radius 2 is 1.88 bits per heavy atom. The predicted molar refractivity (Wildman–Crippen MR) is 95.1 cm³/mol. The van der Waals surface area contributed by atoms with Gasteiger partial charge in [0.05, 0.1) is 6.04 Å². The van der Waals surface area contributed by atoms with Crippen LogP contribution < -0.4 is 5.32 Å². The quantitative estimate of drug-likeness (QED) is 0.908. The van der Waals surface area contributed by atoms with Crippen molar-refractivity contribution in [3.63, 3.8) is 0 Å². The molecule has 25 heavy (non-hydrogen) atoms. The summed E-state index contributed by atoms with van der Waals surface area (Å²) in [7, 11) is 0. The van der Waals surface area contributed by atoms with Crippen LogP contribution in [-0.2, 0) is 4.79 Å². The Labute approximate surface area is 146 Å². The summed E-state index contributed by atoms with van der Waals surface area (Å²) >= 11 is 0. The SMILES string of the molecule is C[C@@H](C(=O)Nc1ccc(F)c(F)c1)N1CC=C(c2ccccc2)CC1. The number of hydrogen-bond donors (Lipinski definition) is 1. The zero-order valence-corrected chi connectivity index (χ0v) is 14.0. The maximum absolute atomic E-state index is 13.2. The molecular formula is C20H20F2N2O. The molecule has 0 bridgehead atoms. The molecule has 0 unspecified atom stereocenters. The summed E-state index contributed by atoms with van der Waals surface area (Å²) in [5, 5.41) is 2.64. The molecule has 0 fully saturated rings. The van der Waals surface area contributed by atoms with E-state index in [1.165, 1.54) is 17.2 Å². The Kier molecular flexibility index (Phi) is 5.24. The summed E-state index contributed by atoms with van der Waals surface area (Å²) in [5.41, 5.74) is 2.75. The van der Waals surface area contributed by atoms with Crippen LogP contribution in [0, 0.1) is 11.6 Å². The van der Waals surface area contributed by atoms with Gasteiger partial charge in [0.2, 0.25) is 5.91 Å². The number of hydrogen-bond acceptors (Lipinski definition) is 2. The van der Waals surface area contributed by atoms with Crippen LogP contribution in [0.1, 0.15) is 18.9 Å². The standard InChI is InChI=1S/C20H20F2N2O/c1-14(20(25)23-17-7-8-18(21)19(22)13-17)24-11-9-16(10-12-24)15-5-3-2-4-6-15/h2-9,13-14H,10-12H2,1H3,(H,23,25)/t14-/m0/s1. The molecular weight excluding hydrogens is 322 g/mol. The number of rotatable bonds is 4. The highest BCUT2D eigenvalue weighted by molar-refractivity contribution is 5.94. The van der Waals surface area contributed by atoms with E-state index in [2.05, 4.69) is 28.4 Å². The number of halogens is 2. The number of anilines is 1. The van der Waals surface area contributed by atoms with E-state index in [4.69, 9.17) is 0 Å². The second-order valence-electron chi connectivity index (χ2n) is 6.13. The number of carbonyl (C=O) groups excluding carboxylic acids is 1. The van der Waals surface area contributed by atoms with E-state index in [-0.39, 0.29) is 17.6 Å². The van der Waals surface area contributed by atoms with Gasteiger partial charge in [0.25, 0.3) is 0 Å². The smallest absolute Gasteiger partial charge is 0.241 e. The van der Waals surface area contributed by atoms with Gasteiger partial charge in [-0.2, -0.15) is 0 Å². The molecule has 0 radical (unpaired) electrons. The molecule has 130 valence electrons. The van der Waals surface area contributed by atoms with Crippen LogP contribution in [0.4, 0.5) is 14.5 Å². The Balaban J connectivity index is 1.61. The third-order valence-electron chi connectivity index (χ3n) is 4.50. The van der Waals surface area contributed by atoms with Crippen molar-refractivity contribution in [3.05, 3.63) is 71.8 Å². The van der Waals surface area contributed by atoms with E-state index >= 15 is 0 Å². The van der Waals surface area contributed by atoms with Crippen molar-refractivity contribution in [1.82, 2.24) is 4.90 Å². The number of carbonyl (C=O) groups is 1. The predicted octanol–water partition coefficient (Wildman–Crippen LogP) is 4.08. The molecule has 3 rings (SSSR count). The fourth-order valence-electron chi connectivity index (χ4n) is 2.94. The summed E-state index contributed by atoms with van der Waals surface area (Å²) in [6.45, 7) is 3.26. The second kappa shape index (κ2) is 7.57. The summed E-state index contributed by atoms with van der Waals surface area (Å²) < 4.78 is 26.2. The lowest BCUT2D eigenvalue weighted by atomic mass is 9.99. The molecule has 0 spiro atoms. The minimum atomic E-state index is -0.973. The highest BCUT2D eigenvalue weighted by Crippen LogP contribution is 2.23. The van der Waals surface area contributed by atoms with Gasteiger partial charge >= 0.3 is 0 Å². The molecule has 1 aliphatic heterocycles. The van der Waals surface area contributed by atoms with Crippen molar-refractivity contribution in [2.75, 3.05) is 18.4 Å². The highest BCUT2D eigenvalue weighted by atomic mass is 19.2. The van der Waals surface area contributed by atoms with Gasteiger partial charge in [0.1, 0.15) is 0 Å². The molecule has 0 saturated carbocycles. The molecule has 1 heterocycles. The number of amides is 1. The fraction of sp³-hybridized carbons (Fsp3) is 0.250. The second-order valence-corrected chi connectivity index (χ2v) is 6.13. The van der Waals surface area contributed by atoms with Crippen molar-refractivity contribution in [1.29, 1.82) is 0 Å². The van der Waals surface area contributed by atoms with Gasteiger partial charge in [-0.05, 0) is 36.6 Å². The average Bonchev–Trinajstić information content (AvgIpc) is 2.65. The monoisotopic (exact) mass is 342 g/mol. The van der Waals surface area contributed by atoms with E-state index in [0.29, 0.717) is 6.54 Å². The largest absolute Gasteiger partial charge is 0.325 e. The molecule has 1 atom stereocenters. The zero-order valence-electron chi connectivity index (χ0n) is 14.0. The van der Waals surface area contributed by atoms with Crippen LogP contribution in [0.15, 0.2) is 54.6 Å². The van der Waals surface area contributed by atoms with Gasteiger partial charge in [0, 0.05) is 24.8 Å². The van der Waals surface area contributed by atoms with Crippen LogP contribution in [-0.4, -0.2) is 29.9 Å². The normalized spacial score (nSPS) is 16.2. The van der Waals surface area contributed by atoms with Gasteiger partial charge in [-0.15, -0.1) is 0 Å². The highest BCUT2D eigenvalue weighted by Gasteiger charge is 2.23. The maximum atomic E-state index is 13.2. The molecule has 2 aromatic carbocycles. The lowest BCUT2D eigenvalue weighted by molar-refractivity contribution is -0.120. The molecule has 0 aliphatic carbocycles. The molecule has 2 aromatic rings. The molecule has 1 N–H and O–H groups in total. The van der Waals surface area contributed by atoms with E-state index in [1.807, 2.05) is 25.1 Å². The lowest BCUT2D eigenvalue weighted by Crippen LogP contribution is -2.44. The molecule has 0 aromatic heterocycles. The van der Waals surface area contributed by atoms with Crippen LogP contribution >= 0.6 is 0 Å². The first-order valence-corrected chi connectivity index (χ1v) is 8.29. The fourth-order valence-corrected chi connectivity index (χ4v) is 2.94. The van der Waals surface area contributed by atoms with Crippen molar-refractivity contribution in [2.45, 2.75) is 19.4 Å². The summed E-state index contributed by atoms with van der Waals surface area (Å²) in [5.74, 6) is -2.14. The Morgan fingerprint density at radius 1 is 1.12 bits per heavy atom. The summed E-state index contributed by atoms with van der Waals surface area (Å²) in [6.07, 6.45) is 3.01. The first-order chi connectivity index (χ1) is 12.0. The van der Waals surface area contributed by atoms with Crippen LogP contribution in [0.5, 0.6) is 0 Å². The average molecular weight is 342 g/mol. The Bertz CT molecular complexity index is 790. The van der Waals surface area contributed by atoms with E-state index in [1.54, 1.807) is 0 Å². The van der Waals surface area contributed by atoms with Crippen molar-refractivity contribution in [2.24, 2.45) is 0 Å². The topological polar surface area (TPSA) is 32.3 Å². The minimum Gasteiger partial charge on any atom is -0.325 e. The van der Waals surface area contributed by atoms with Crippen molar-refractivity contribution >= 4 is 17.2 Å². The number of nitrogens with one attached hydrogen (secondary N) is 1. The maximum Gasteiger partial charge on any atom is 0.241 e. The van der Waals surface area contributed by atoms with Gasteiger partial charge in [0.15, 0.2) is 11.6 Å². The third-order valence-corrected chi connectivity index (χ3v) is 4.50. The summed E-state index contributed by atoms with van der Waals surface area (Å²) in [4.78, 5) is 14.4. The van der Waals surface area contributed by atoms with Gasteiger partial charge < -0.3 is 5.32 Å². The zero-order chi connectivity index (χ0) is 17.8. The third kappa shape index (κ3) is 4.12. The van der Waals surface area contributed by atoms with E-state index in [9.17, 15) is 13.6 Å². The van der Waals surface area contributed by atoms with Gasteiger partial charge in [-0.25, -0.2) is 8.78 Å². The van der Waals surface area contributed by atoms with Crippen LogP contribution in [0.3, 0.4) is 0 Å². The van der Waals surface area contributed by atoms with Gasteiger partial charge in [-0.3, -0.25) is 9.69 Å². The molecule has 0 saturated heterocycles. The van der Waals surface area contributed by atoms with Crippen molar-refractivity contribution < 1.29 is 13.6 Å². The number of benzene rings is 2. The summed E-state index contributed by atoms with van der Waals surface area (Å²) in [6, 6.07) is 13.2. The lowest BCUT2D eigenvalue weighted by Gasteiger charge is -2.31. The first kappa shape index (κ1) is 17.3. The van der Waals surface area contributed by atoms with E-state index < -0.39 is 11.6 Å². The van der Waals surface area contributed by atoms with Crippen LogP contribution in [0.25, 0.3) is 5.57 Å². The van der Waals surface area contributed by atoms with Crippen molar-refractivity contribution in [3.8, 4) is 0 Å². The van der Waals surface area contributed by atoms with E-state index in [0.717, 1.165) is 25.1 Å². The Morgan fingerprint density at radius 3 is 2.52 bits per heavy atom. The molecule has 1 amide bonds. The van der Waals surface area contributed by atoms with Crippen LogP contribution in [0.2, 0.25) is 0 Å². The molecule has 3 nitrogen and oxygen atoms in total.